The van der Waals surface area contributed by atoms with Gasteiger partial charge in [0.05, 0.1) is 11.9 Å². The number of aryl methyl sites for hydroxylation is 1. The highest BCUT2D eigenvalue weighted by atomic mass is 35.5. The smallest absolute Gasteiger partial charge is 0.244 e. The summed E-state index contributed by atoms with van der Waals surface area (Å²) in [5, 5.41) is 3.16. The van der Waals surface area contributed by atoms with Gasteiger partial charge >= 0.3 is 0 Å². The standard InChI is InChI=1S/C24H31ClFN3O4S/c1-16-7-10-19(25)13-21(16)29(34(6,32)33)15-22(30)28(14-18-8-11-20(26)12-9-18)17(2)23(31)27-24(3,4)5/h7-13,17H,14-15H2,1-6H3,(H,27,31)/t17-/m1/s1. The summed E-state index contributed by atoms with van der Waals surface area (Å²) >= 11 is 6.08. The number of rotatable bonds is 8. The molecule has 2 aromatic rings. The van der Waals surface area contributed by atoms with Crippen molar-refractivity contribution in [3.63, 3.8) is 0 Å². The number of hydrogen-bond donors (Lipinski definition) is 1. The van der Waals surface area contributed by atoms with Crippen LogP contribution in [0.3, 0.4) is 0 Å². The highest BCUT2D eigenvalue weighted by Crippen LogP contribution is 2.26. The number of anilines is 1. The molecule has 0 saturated carbocycles. The molecule has 0 fully saturated rings. The molecule has 1 N–H and O–H groups in total. The fourth-order valence-corrected chi connectivity index (χ4v) is 4.35. The number of hydrogen-bond acceptors (Lipinski definition) is 4. The minimum atomic E-state index is -3.86. The topological polar surface area (TPSA) is 86.8 Å². The Kier molecular flexibility index (Phi) is 8.71. The van der Waals surface area contributed by atoms with Crippen LogP contribution >= 0.6 is 11.6 Å². The van der Waals surface area contributed by atoms with Gasteiger partial charge in [0, 0.05) is 17.1 Å². The Bertz CT molecular complexity index is 1150. The van der Waals surface area contributed by atoms with E-state index in [9.17, 15) is 22.4 Å². The van der Waals surface area contributed by atoms with E-state index < -0.39 is 45.8 Å². The fraction of sp³-hybridized carbons (Fsp3) is 0.417. The van der Waals surface area contributed by atoms with Crippen LogP contribution in [0, 0.1) is 12.7 Å². The van der Waals surface area contributed by atoms with Crippen LogP contribution in [0.4, 0.5) is 10.1 Å². The molecule has 0 aliphatic heterocycles. The minimum Gasteiger partial charge on any atom is -0.350 e. The van der Waals surface area contributed by atoms with Crippen molar-refractivity contribution in [3.05, 3.63) is 64.4 Å². The second kappa shape index (κ2) is 10.7. The third-order valence-corrected chi connectivity index (χ3v) is 6.41. The van der Waals surface area contributed by atoms with E-state index in [1.165, 1.54) is 35.2 Å². The molecule has 0 heterocycles. The van der Waals surface area contributed by atoms with Crippen LogP contribution in [0.25, 0.3) is 0 Å². The van der Waals surface area contributed by atoms with Crippen molar-refractivity contribution < 1.29 is 22.4 Å². The predicted molar refractivity (Wildman–Crippen MR) is 133 cm³/mol. The molecular weight excluding hydrogens is 481 g/mol. The number of halogens is 2. The van der Waals surface area contributed by atoms with Crippen molar-refractivity contribution in [2.24, 2.45) is 0 Å². The molecule has 0 aromatic heterocycles. The van der Waals surface area contributed by atoms with Crippen LogP contribution < -0.4 is 9.62 Å². The van der Waals surface area contributed by atoms with Crippen LogP contribution in [-0.2, 0) is 26.2 Å². The monoisotopic (exact) mass is 511 g/mol. The van der Waals surface area contributed by atoms with Gasteiger partial charge in [0.25, 0.3) is 0 Å². The Morgan fingerprint density at radius 3 is 2.24 bits per heavy atom. The maximum Gasteiger partial charge on any atom is 0.244 e. The van der Waals surface area contributed by atoms with E-state index in [0.717, 1.165) is 10.6 Å². The molecule has 0 radical (unpaired) electrons. The first-order chi connectivity index (χ1) is 15.6. The average molecular weight is 512 g/mol. The predicted octanol–water partition coefficient (Wildman–Crippen LogP) is 3.89. The van der Waals surface area contributed by atoms with Gasteiger partial charge in [-0.05, 0) is 70.0 Å². The third kappa shape index (κ3) is 7.70. The summed E-state index contributed by atoms with van der Waals surface area (Å²) in [5.41, 5.74) is 0.949. The largest absolute Gasteiger partial charge is 0.350 e. The lowest BCUT2D eigenvalue weighted by Gasteiger charge is -2.33. The molecule has 2 amide bonds. The zero-order valence-electron chi connectivity index (χ0n) is 20.2. The lowest BCUT2D eigenvalue weighted by molar-refractivity contribution is -0.140. The molecule has 7 nitrogen and oxygen atoms in total. The number of carbonyl (C=O) groups excluding carboxylic acids is 2. The molecule has 0 unspecified atom stereocenters. The van der Waals surface area contributed by atoms with Gasteiger partial charge in [0.2, 0.25) is 21.8 Å². The number of nitrogens with one attached hydrogen (secondary N) is 1. The number of sulfonamides is 1. The van der Waals surface area contributed by atoms with Crippen molar-refractivity contribution in [2.45, 2.75) is 52.7 Å². The molecule has 10 heteroatoms. The molecule has 0 aliphatic rings. The van der Waals surface area contributed by atoms with Gasteiger partial charge in [-0.2, -0.15) is 0 Å². The zero-order valence-corrected chi connectivity index (χ0v) is 21.8. The summed E-state index contributed by atoms with van der Waals surface area (Å²) in [6, 6.07) is 9.40. The first-order valence-electron chi connectivity index (χ1n) is 10.7. The number of nitrogens with zero attached hydrogens (tertiary/aromatic N) is 2. The van der Waals surface area contributed by atoms with E-state index in [-0.39, 0.29) is 12.2 Å². The molecule has 1 atom stereocenters. The van der Waals surface area contributed by atoms with Crippen LogP contribution in [0.5, 0.6) is 0 Å². The van der Waals surface area contributed by atoms with Crippen molar-refractivity contribution in [3.8, 4) is 0 Å². The minimum absolute atomic E-state index is 0.00995. The maximum absolute atomic E-state index is 13.5. The van der Waals surface area contributed by atoms with E-state index in [1.54, 1.807) is 26.0 Å². The molecule has 0 spiro atoms. The first-order valence-corrected chi connectivity index (χ1v) is 12.9. The van der Waals surface area contributed by atoms with E-state index >= 15 is 0 Å². The van der Waals surface area contributed by atoms with Gasteiger partial charge in [-0.15, -0.1) is 0 Å². The number of amides is 2. The third-order valence-electron chi connectivity index (χ3n) is 5.05. The average Bonchev–Trinajstić information content (AvgIpc) is 2.70. The second-order valence-electron chi connectivity index (χ2n) is 9.26. The Labute approximate surface area is 205 Å². The van der Waals surface area contributed by atoms with Crippen LogP contribution in [0.2, 0.25) is 5.02 Å². The van der Waals surface area contributed by atoms with Gasteiger partial charge in [-0.25, -0.2) is 12.8 Å². The summed E-state index contributed by atoms with van der Waals surface area (Å²) < 4.78 is 39.6. The zero-order chi connectivity index (χ0) is 25.8. The van der Waals surface area contributed by atoms with E-state index in [0.29, 0.717) is 16.1 Å². The van der Waals surface area contributed by atoms with Crippen LogP contribution in [0.1, 0.15) is 38.8 Å². The summed E-state index contributed by atoms with van der Waals surface area (Å²) in [7, 11) is -3.86. The fourth-order valence-electron chi connectivity index (χ4n) is 3.29. The second-order valence-corrected chi connectivity index (χ2v) is 11.6. The summed E-state index contributed by atoms with van der Waals surface area (Å²) in [6.07, 6.45) is 1.00. The molecule has 2 aromatic carbocycles. The quantitative estimate of drug-likeness (QED) is 0.582. The molecule has 34 heavy (non-hydrogen) atoms. The number of benzene rings is 2. The van der Waals surface area contributed by atoms with Gasteiger partial charge in [0.1, 0.15) is 18.4 Å². The molecule has 186 valence electrons. The SMILES string of the molecule is Cc1ccc(Cl)cc1N(CC(=O)N(Cc1ccc(F)cc1)[C@H](C)C(=O)NC(C)(C)C)S(C)(=O)=O. The lowest BCUT2D eigenvalue weighted by atomic mass is 10.1. The van der Waals surface area contributed by atoms with Crippen molar-refractivity contribution in [2.75, 3.05) is 17.1 Å². The molecular formula is C24H31ClFN3O4S. The van der Waals surface area contributed by atoms with Crippen LogP contribution in [0.15, 0.2) is 42.5 Å². The Morgan fingerprint density at radius 1 is 1.12 bits per heavy atom. The van der Waals surface area contributed by atoms with Gasteiger partial charge < -0.3 is 10.2 Å². The van der Waals surface area contributed by atoms with E-state index in [2.05, 4.69) is 5.32 Å². The first kappa shape index (κ1) is 27.6. The molecule has 2 rings (SSSR count). The summed E-state index contributed by atoms with van der Waals surface area (Å²) in [6.45, 7) is 8.19. The van der Waals surface area contributed by atoms with Gasteiger partial charge in [-0.1, -0.05) is 29.8 Å². The van der Waals surface area contributed by atoms with E-state index in [4.69, 9.17) is 11.6 Å². The van der Waals surface area contributed by atoms with E-state index in [1.807, 2.05) is 20.8 Å². The van der Waals surface area contributed by atoms with Crippen molar-refractivity contribution in [1.82, 2.24) is 10.2 Å². The highest BCUT2D eigenvalue weighted by molar-refractivity contribution is 7.92. The Balaban J connectivity index is 2.44. The van der Waals surface area contributed by atoms with Crippen molar-refractivity contribution in [1.29, 1.82) is 0 Å². The molecule has 0 bridgehead atoms. The molecule has 0 aliphatic carbocycles. The van der Waals surface area contributed by atoms with Crippen molar-refractivity contribution >= 4 is 39.1 Å². The maximum atomic E-state index is 13.5. The number of carbonyl (C=O) groups is 2. The molecule has 0 saturated heterocycles. The van der Waals surface area contributed by atoms with Gasteiger partial charge in [0.15, 0.2) is 0 Å². The van der Waals surface area contributed by atoms with Gasteiger partial charge in [-0.3, -0.25) is 13.9 Å². The summed E-state index contributed by atoms with van der Waals surface area (Å²) in [4.78, 5) is 27.7. The van der Waals surface area contributed by atoms with Crippen LogP contribution in [-0.4, -0.2) is 49.5 Å². The summed E-state index contributed by atoms with van der Waals surface area (Å²) in [5.74, 6) is -1.42. The Hall–Kier alpha value is -2.65. The normalized spacial score (nSPS) is 12.7. The Morgan fingerprint density at radius 2 is 1.71 bits per heavy atom. The lowest BCUT2D eigenvalue weighted by Crippen LogP contribution is -2.54. The highest BCUT2D eigenvalue weighted by Gasteiger charge is 2.31.